The zero-order chi connectivity index (χ0) is 18.0. The van der Waals surface area contributed by atoms with Crippen molar-refractivity contribution in [3.8, 4) is 0 Å². The van der Waals surface area contributed by atoms with Crippen LogP contribution >= 0.6 is 11.3 Å². The van der Waals surface area contributed by atoms with E-state index < -0.39 is 10.0 Å². The molecule has 0 radical (unpaired) electrons. The maximum absolute atomic E-state index is 12.6. The number of benzene rings is 1. The summed E-state index contributed by atoms with van der Waals surface area (Å²) < 4.78 is 29.1. The van der Waals surface area contributed by atoms with Crippen molar-refractivity contribution in [2.24, 2.45) is 0 Å². The van der Waals surface area contributed by atoms with Gasteiger partial charge >= 0.3 is 0 Å². The van der Waals surface area contributed by atoms with E-state index in [2.05, 4.69) is 4.98 Å². The van der Waals surface area contributed by atoms with Gasteiger partial charge in [-0.05, 0) is 18.2 Å². The van der Waals surface area contributed by atoms with E-state index in [9.17, 15) is 13.2 Å². The van der Waals surface area contributed by atoms with Gasteiger partial charge in [0, 0.05) is 25.4 Å². The Labute approximate surface area is 150 Å². The van der Waals surface area contributed by atoms with Gasteiger partial charge in [0.2, 0.25) is 10.0 Å². The zero-order valence-corrected chi connectivity index (χ0v) is 15.7. The molecule has 0 fully saturated rings. The molecule has 0 saturated heterocycles. The minimum absolute atomic E-state index is 0.122. The maximum atomic E-state index is 12.6. The highest BCUT2D eigenvalue weighted by Gasteiger charge is 2.22. The van der Waals surface area contributed by atoms with E-state index >= 15 is 0 Å². The average Bonchev–Trinajstić information content (AvgIpc) is 3.00. The van der Waals surface area contributed by atoms with Gasteiger partial charge in [0.05, 0.1) is 21.7 Å². The van der Waals surface area contributed by atoms with Gasteiger partial charge in [0.15, 0.2) is 0 Å². The van der Waals surface area contributed by atoms with Crippen molar-refractivity contribution in [3.05, 3.63) is 58.0 Å². The van der Waals surface area contributed by atoms with Crippen molar-refractivity contribution in [1.82, 2.24) is 13.9 Å². The molecule has 0 bridgehead atoms. The molecule has 0 amide bonds. The standard InChI is InChI=1S/C17H19N3O3S2/c1-3-20(4-2)25(22,23)13-9-10-17(21)19(11-13)12-16-18-14-7-5-6-8-15(14)24-16/h5-11H,3-4,12H2,1-2H3. The zero-order valence-electron chi connectivity index (χ0n) is 14.0. The van der Waals surface area contributed by atoms with Gasteiger partial charge in [-0.1, -0.05) is 26.0 Å². The molecule has 132 valence electrons. The monoisotopic (exact) mass is 377 g/mol. The number of fused-ring (bicyclic) bond motifs is 1. The van der Waals surface area contributed by atoms with E-state index in [-0.39, 0.29) is 17.0 Å². The second-order valence-corrected chi connectivity index (χ2v) is 8.55. The number of aromatic nitrogens is 2. The summed E-state index contributed by atoms with van der Waals surface area (Å²) in [6.07, 6.45) is 1.40. The number of para-hydroxylation sites is 1. The van der Waals surface area contributed by atoms with E-state index in [4.69, 9.17) is 0 Å². The largest absolute Gasteiger partial charge is 0.307 e. The average molecular weight is 377 g/mol. The molecular formula is C17H19N3O3S2. The van der Waals surface area contributed by atoms with E-state index in [1.54, 1.807) is 13.8 Å². The fourth-order valence-electron chi connectivity index (χ4n) is 2.63. The Kier molecular flexibility index (Phi) is 5.03. The molecule has 3 rings (SSSR count). The van der Waals surface area contributed by atoms with E-state index in [1.165, 1.54) is 38.5 Å². The Morgan fingerprint density at radius 1 is 1.12 bits per heavy atom. The van der Waals surface area contributed by atoms with Crippen LogP contribution in [0, 0.1) is 0 Å². The highest BCUT2D eigenvalue weighted by molar-refractivity contribution is 7.89. The van der Waals surface area contributed by atoms with Crippen LogP contribution in [0.15, 0.2) is 52.3 Å². The first kappa shape index (κ1) is 17.8. The Hall–Kier alpha value is -2.03. The number of hydrogen-bond acceptors (Lipinski definition) is 5. The molecule has 8 heteroatoms. The number of rotatable bonds is 6. The second-order valence-electron chi connectivity index (χ2n) is 5.50. The van der Waals surface area contributed by atoms with Crippen LogP contribution in [0.4, 0.5) is 0 Å². The highest BCUT2D eigenvalue weighted by atomic mass is 32.2. The van der Waals surface area contributed by atoms with Crippen molar-refractivity contribution < 1.29 is 8.42 Å². The lowest BCUT2D eigenvalue weighted by molar-refractivity contribution is 0.444. The molecule has 0 aliphatic rings. The van der Waals surface area contributed by atoms with E-state index in [1.807, 2.05) is 24.3 Å². The summed E-state index contributed by atoms with van der Waals surface area (Å²) in [4.78, 5) is 16.8. The normalized spacial score (nSPS) is 12.1. The summed E-state index contributed by atoms with van der Waals surface area (Å²) in [7, 11) is -3.60. The van der Waals surface area contributed by atoms with Crippen LogP contribution in [0.3, 0.4) is 0 Å². The molecule has 1 aromatic carbocycles. The summed E-state index contributed by atoms with van der Waals surface area (Å²) in [5.41, 5.74) is 0.625. The van der Waals surface area contributed by atoms with Crippen LogP contribution in [0.25, 0.3) is 10.2 Å². The van der Waals surface area contributed by atoms with Crippen LogP contribution in [0.2, 0.25) is 0 Å². The van der Waals surface area contributed by atoms with Crippen molar-refractivity contribution in [2.45, 2.75) is 25.3 Å². The third-order valence-electron chi connectivity index (χ3n) is 3.94. The molecular weight excluding hydrogens is 358 g/mol. The maximum Gasteiger partial charge on any atom is 0.250 e. The molecule has 3 aromatic rings. The molecule has 0 aliphatic carbocycles. The van der Waals surface area contributed by atoms with Gasteiger partial charge in [-0.25, -0.2) is 13.4 Å². The second kappa shape index (κ2) is 7.07. The Balaban J connectivity index is 1.98. The molecule has 2 heterocycles. The third-order valence-corrected chi connectivity index (χ3v) is 7.00. The van der Waals surface area contributed by atoms with Crippen LogP contribution in [-0.2, 0) is 16.6 Å². The number of hydrogen-bond donors (Lipinski definition) is 0. The molecule has 6 nitrogen and oxygen atoms in total. The number of nitrogens with zero attached hydrogens (tertiary/aromatic N) is 3. The van der Waals surface area contributed by atoms with Gasteiger partial charge in [-0.15, -0.1) is 11.3 Å². The fraction of sp³-hybridized carbons (Fsp3) is 0.294. The van der Waals surface area contributed by atoms with Crippen LogP contribution in [0.5, 0.6) is 0 Å². The van der Waals surface area contributed by atoms with Crippen LogP contribution in [-0.4, -0.2) is 35.4 Å². The molecule has 0 saturated carbocycles. The van der Waals surface area contributed by atoms with Gasteiger partial charge in [-0.3, -0.25) is 4.79 Å². The summed E-state index contributed by atoms with van der Waals surface area (Å²) >= 11 is 1.50. The van der Waals surface area contributed by atoms with Gasteiger partial charge in [0.1, 0.15) is 5.01 Å². The summed E-state index contributed by atoms with van der Waals surface area (Å²) in [6, 6.07) is 10.4. The smallest absolute Gasteiger partial charge is 0.250 e. The number of sulfonamides is 1. The van der Waals surface area contributed by atoms with Crippen LogP contribution < -0.4 is 5.56 Å². The van der Waals surface area contributed by atoms with Crippen molar-refractivity contribution in [1.29, 1.82) is 0 Å². The molecule has 0 spiro atoms. The van der Waals surface area contributed by atoms with Crippen molar-refractivity contribution >= 4 is 31.6 Å². The molecule has 25 heavy (non-hydrogen) atoms. The first-order valence-corrected chi connectivity index (χ1v) is 10.3. The first-order chi connectivity index (χ1) is 12.0. The van der Waals surface area contributed by atoms with Gasteiger partial charge in [-0.2, -0.15) is 4.31 Å². The molecule has 0 aliphatic heterocycles. The van der Waals surface area contributed by atoms with Crippen LogP contribution in [0.1, 0.15) is 18.9 Å². The lowest BCUT2D eigenvalue weighted by Crippen LogP contribution is -2.32. The summed E-state index contributed by atoms with van der Waals surface area (Å²) in [6.45, 7) is 4.60. The summed E-state index contributed by atoms with van der Waals surface area (Å²) in [5, 5.41) is 0.765. The molecule has 0 atom stereocenters. The fourth-order valence-corrected chi connectivity index (χ4v) is 5.08. The molecule has 2 aromatic heterocycles. The Bertz CT molecular complexity index is 1020. The van der Waals surface area contributed by atoms with Gasteiger partial charge in [0.25, 0.3) is 5.56 Å². The van der Waals surface area contributed by atoms with E-state index in [0.29, 0.717) is 13.1 Å². The van der Waals surface area contributed by atoms with Crippen molar-refractivity contribution in [3.63, 3.8) is 0 Å². The molecule has 0 unspecified atom stereocenters. The third kappa shape index (κ3) is 3.51. The molecule has 0 N–H and O–H groups in total. The van der Waals surface area contributed by atoms with Gasteiger partial charge < -0.3 is 4.57 Å². The lowest BCUT2D eigenvalue weighted by atomic mass is 10.3. The quantitative estimate of drug-likeness (QED) is 0.662. The predicted octanol–water partition coefficient (Wildman–Crippen LogP) is 2.54. The van der Waals surface area contributed by atoms with Crippen molar-refractivity contribution in [2.75, 3.05) is 13.1 Å². The Morgan fingerprint density at radius 2 is 1.84 bits per heavy atom. The lowest BCUT2D eigenvalue weighted by Gasteiger charge is -2.18. The minimum Gasteiger partial charge on any atom is -0.307 e. The predicted molar refractivity (Wildman–Crippen MR) is 99.5 cm³/mol. The Morgan fingerprint density at radius 3 is 2.52 bits per heavy atom. The first-order valence-electron chi connectivity index (χ1n) is 8.00. The highest BCUT2D eigenvalue weighted by Crippen LogP contribution is 2.22. The topological polar surface area (TPSA) is 72.3 Å². The minimum atomic E-state index is -3.60. The number of thiazole rings is 1. The summed E-state index contributed by atoms with van der Waals surface area (Å²) in [5.74, 6) is 0. The van der Waals surface area contributed by atoms with E-state index in [0.717, 1.165) is 15.2 Å². The number of pyridine rings is 1. The SMILES string of the molecule is CCN(CC)S(=O)(=O)c1ccc(=O)n(Cc2nc3ccccc3s2)c1.